The summed E-state index contributed by atoms with van der Waals surface area (Å²) in [5, 5.41) is 0. The second kappa shape index (κ2) is 5.35. The van der Waals surface area contributed by atoms with Crippen LogP contribution in [0.25, 0.3) is 11.1 Å². The van der Waals surface area contributed by atoms with E-state index in [-0.39, 0.29) is 11.8 Å². The number of carbonyl (C=O) groups is 1. The molecule has 4 heteroatoms. The van der Waals surface area contributed by atoms with Gasteiger partial charge in [-0.1, -0.05) is 12.1 Å². The highest BCUT2D eigenvalue weighted by molar-refractivity contribution is 5.97. The van der Waals surface area contributed by atoms with E-state index < -0.39 is 5.60 Å². The Bertz CT molecular complexity index is 663. The van der Waals surface area contributed by atoms with Crippen molar-refractivity contribution in [2.75, 3.05) is 0 Å². The summed E-state index contributed by atoms with van der Waals surface area (Å²) < 4.78 is 20.3. The summed E-state index contributed by atoms with van der Waals surface area (Å²) in [7, 11) is 1.80. The summed E-state index contributed by atoms with van der Waals surface area (Å²) in [5.41, 5.74) is 2.45. The summed E-state index contributed by atoms with van der Waals surface area (Å²) in [4.78, 5) is 12.4. The molecule has 0 N–H and O–H groups in total. The van der Waals surface area contributed by atoms with Crippen LogP contribution in [0.2, 0.25) is 0 Å². The van der Waals surface area contributed by atoms with Crippen LogP contribution in [-0.2, 0) is 11.8 Å². The van der Waals surface area contributed by atoms with Gasteiger partial charge in [-0.2, -0.15) is 0 Å². The predicted molar refractivity (Wildman–Crippen MR) is 80.7 cm³/mol. The maximum Gasteiger partial charge on any atom is 0.356 e. The molecule has 1 aromatic heterocycles. The number of halogens is 1. The summed E-state index contributed by atoms with van der Waals surface area (Å²) in [6.45, 7) is 7.42. The third-order valence-electron chi connectivity index (χ3n) is 3.10. The molecule has 0 saturated heterocycles. The van der Waals surface area contributed by atoms with Gasteiger partial charge in [0.15, 0.2) is 0 Å². The Morgan fingerprint density at radius 2 is 1.76 bits per heavy atom. The molecule has 2 aromatic rings. The zero-order valence-electron chi connectivity index (χ0n) is 13.0. The molecule has 0 radical (unpaired) electrons. The molecule has 0 aliphatic heterocycles. The third-order valence-corrected chi connectivity index (χ3v) is 3.10. The van der Waals surface area contributed by atoms with E-state index in [0.29, 0.717) is 5.69 Å². The number of rotatable bonds is 2. The number of ether oxygens (including phenoxy) is 1. The Labute approximate surface area is 124 Å². The monoisotopic (exact) mass is 289 g/mol. The summed E-state index contributed by atoms with van der Waals surface area (Å²) in [5.74, 6) is -0.677. The largest absolute Gasteiger partial charge is 0.455 e. The van der Waals surface area contributed by atoms with Gasteiger partial charge in [-0.3, -0.25) is 0 Å². The number of carbonyl (C=O) groups excluding carboxylic acids is 1. The average Bonchev–Trinajstić information content (AvgIpc) is 2.63. The Kier molecular flexibility index (Phi) is 3.90. The van der Waals surface area contributed by atoms with E-state index in [1.807, 2.05) is 33.9 Å². The van der Waals surface area contributed by atoms with Crippen molar-refractivity contribution in [2.24, 2.45) is 7.05 Å². The topological polar surface area (TPSA) is 31.2 Å². The summed E-state index contributed by atoms with van der Waals surface area (Å²) in [6, 6.07) is 6.12. The molecule has 2 rings (SSSR count). The van der Waals surface area contributed by atoms with Gasteiger partial charge in [-0.25, -0.2) is 9.18 Å². The Balaban J connectivity index is 2.52. The minimum absolute atomic E-state index is 0.300. The van der Waals surface area contributed by atoms with Gasteiger partial charge >= 0.3 is 5.97 Å². The van der Waals surface area contributed by atoms with Crippen molar-refractivity contribution in [1.82, 2.24) is 4.57 Å². The first kappa shape index (κ1) is 15.3. The molecule has 0 aliphatic carbocycles. The van der Waals surface area contributed by atoms with Crippen LogP contribution in [0.1, 0.15) is 36.8 Å². The fourth-order valence-electron chi connectivity index (χ4n) is 2.34. The Morgan fingerprint density at radius 3 is 2.29 bits per heavy atom. The molecule has 0 spiro atoms. The van der Waals surface area contributed by atoms with E-state index in [1.165, 1.54) is 12.1 Å². The molecule has 0 amide bonds. The zero-order chi connectivity index (χ0) is 15.8. The van der Waals surface area contributed by atoms with Crippen LogP contribution < -0.4 is 0 Å². The molecular formula is C17H20FNO2. The van der Waals surface area contributed by atoms with E-state index in [9.17, 15) is 9.18 Å². The van der Waals surface area contributed by atoms with Gasteiger partial charge in [-0.05, 0) is 51.0 Å². The van der Waals surface area contributed by atoms with Crippen LogP contribution in [0.15, 0.2) is 30.5 Å². The molecule has 3 nitrogen and oxygen atoms in total. The number of aryl methyl sites for hydroxylation is 2. The quantitative estimate of drug-likeness (QED) is 0.780. The number of nitrogens with zero attached hydrogens (tertiary/aromatic N) is 1. The highest BCUT2D eigenvalue weighted by Gasteiger charge is 2.25. The number of aromatic nitrogens is 1. The van der Waals surface area contributed by atoms with Crippen molar-refractivity contribution in [3.05, 3.63) is 47.5 Å². The van der Waals surface area contributed by atoms with Crippen molar-refractivity contribution >= 4 is 5.97 Å². The van der Waals surface area contributed by atoms with Crippen LogP contribution in [0.3, 0.4) is 0 Å². The molecule has 112 valence electrons. The van der Waals surface area contributed by atoms with Gasteiger partial charge in [0.05, 0.1) is 0 Å². The van der Waals surface area contributed by atoms with E-state index in [1.54, 1.807) is 23.7 Å². The lowest BCUT2D eigenvalue weighted by atomic mass is 10.0. The van der Waals surface area contributed by atoms with Crippen molar-refractivity contribution in [2.45, 2.75) is 33.3 Å². The van der Waals surface area contributed by atoms with Gasteiger partial charge in [0.25, 0.3) is 0 Å². The van der Waals surface area contributed by atoms with E-state index in [2.05, 4.69) is 0 Å². The van der Waals surface area contributed by atoms with Gasteiger partial charge in [0, 0.05) is 18.8 Å². The molecule has 21 heavy (non-hydrogen) atoms. The minimum Gasteiger partial charge on any atom is -0.455 e. The minimum atomic E-state index is -0.560. The fraction of sp³-hybridized carbons (Fsp3) is 0.353. The second-order valence-electron chi connectivity index (χ2n) is 6.16. The first-order chi connectivity index (χ1) is 9.69. The average molecular weight is 289 g/mol. The van der Waals surface area contributed by atoms with Gasteiger partial charge < -0.3 is 9.30 Å². The second-order valence-corrected chi connectivity index (χ2v) is 6.16. The van der Waals surface area contributed by atoms with Crippen molar-refractivity contribution in [3.63, 3.8) is 0 Å². The highest BCUT2D eigenvalue weighted by atomic mass is 19.1. The van der Waals surface area contributed by atoms with E-state index >= 15 is 0 Å². The van der Waals surface area contributed by atoms with Crippen LogP contribution in [0.4, 0.5) is 4.39 Å². The number of benzene rings is 1. The standard InChI is InChI=1S/C17H20FNO2/c1-11-10-19(5)15(16(20)21-17(2,3)4)14(11)12-6-8-13(18)9-7-12/h6-10H,1-5H3. The van der Waals surface area contributed by atoms with Gasteiger partial charge in [0.2, 0.25) is 0 Å². The molecule has 0 bridgehead atoms. The zero-order valence-corrected chi connectivity index (χ0v) is 13.0. The van der Waals surface area contributed by atoms with E-state index in [4.69, 9.17) is 4.74 Å². The first-order valence-corrected chi connectivity index (χ1v) is 6.84. The maximum atomic E-state index is 13.1. The lowest BCUT2D eigenvalue weighted by molar-refractivity contribution is 0.00600. The van der Waals surface area contributed by atoms with Crippen LogP contribution >= 0.6 is 0 Å². The molecule has 0 atom stereocenters. The number of hydrogen-bond acceptors (Lipinski definition) is 2. The normalized spacial score (nSPS) is 11.5. The Morgan fingerprint density at radius 1 is 1.19 bits per heavy atom. The van der Waals surface area contributed by atoms with Crippen LogP contribution in [0.5, 0.6) is 0 Å². The van der Waals surface area contributed by atoms with Gasteiger partial charge in [-0.15, -0.1) is 0 Å². The SMILES string of the molecule is Cc1cn(C)c(C(=O)OC(C)(C)C)c1-c1ccc(F)cc1. The van der Waals surface area contributed by atoms with Gasteiger partial charge in [0.1, 0.15) is 17.1 Å². The number of esters is 1. The smallest absolute Gasteiger partial charge is 0.356 e. The maximum absolute atomic E-state index is 13.1. The lowest BCUT2D eigenvalue weighted by Crippen LogP contribution is -2.25. The molecule has 1 aromatic carbocycles. The molecule has 0 unspecified atom stereocenters. The van der Waals surface area contributed by atoms with Crippen LogP contribution in [0, 0.1) is 12.7 Å². The summed E-state index contributed by atoms with van der Waals surface area (Å²) in [6.07, 6.45) is 1.87. The lowest BCUT2D eigenvalue weighted by Gasteiger charge is -2.20. The van der Waals surface area contributed by atoms with E-state index in [0.717, 1.165) is 16.7 Å². The van der Waals surface area contributed by atoms with Crippen molar-refractivity contribution < 1.29 is 13.9 Å². The fourth-order valence-corrected chi connectivity index (χ4v) is 2.34. The first-order valence-electron chi connectivity index (χ1n) is 6.84. The molecule has 0 fully saturated rings. The summed E-state index contributed by atoms with van der Waals surface area (Å²) >= 11 is 0. The van der Waals surface area contributed by atoms with Crippen molar-refractivity contribution in [1.29, 1.82) is 0 Å². The Hall–Kier alpha value is -2.10. The molecular weight excluding hydrogens is 269 g/mol. The molecule has 1 heterocycles. The third kappa shape index (κ3) is 3.32. The predicted octanol–water partition coefficient (Wildman–Crippen LogP) is 4.09. The highest BCUT2D eigenvalue weighted by Crippen LogP contribution is 2.30. The molecule has 0 saturated carbocycles. The van der Waals surface area contributed by atoms with Crippen molar-refractivity contribution in [3.8, 4) is 11.1 Å². The van der Waals surface area contributed by atoms with Crippen LogP contribution in [-0.4, -0.2) is 16.1 Å². The molecule has 0 aliphatic rings. The number of hydrogen-bond donors (Lipinski definition) is 0.